The lowest BCUT2D eigenvalue weighted by Crippen LogP contribution is -2.30. The minimum Gasteiger partial charge on any atom is -0.308 e. The molecule has 1 N–H and O–H groups in total. The van der Waals surface area contributed by atoms with Crippen molar-refractivity contribution in [2.45, 2.75) is 45.5 Å². The Morgan fingerprint density at radius 1 is 1.50 bits per heavy atom. The van der Waals surface area contributed by atoms with Gasteiger partial charge < -0.3 is 5.32 Å². The molecule has 0 spiro atoms. The molecule has 0 aliphatic rings. The van der Waals surface area contributed by atoms with E-state index in [2.05, 4.69) is 10.3 Å². The summed E-state index contributed by atoms with van der Waals surface area (Å²) in [6, 6.07) is -0.577. The lowest BCUT2D eigenvalue weighted by Gasteiger charge is -2.14. The van der Waals surface area contributed by atoms with E-state index in [9.17, 15) is 13.2 Å². The van der Waals surface area contributed by atoms with Crippen molar-refractivity contribution in [2.75, 3.05) is 0 Å². The van der Waals surface area contributed by atoms with Crippen molar-refractivity contribution in [3.8, 4) is 0 Å². The second-order valence-corrected chi connectivity index (χ2v) is 4.63. The first-order valence-corrected chi connectivity index (χ1v) is 6.02. The van der Waals surface area contributed by atoms with Gasteiger partial charge in [-0.25, -0.2) is 4.98 Å². The number of alkyl halides is 3. The average Bonchev–Trinajstić information content (AvgIpc) is 2.59. The maximum absolute atomic E-state index is 12.0. The first-order valence-electron chi connectivity index (χ1n) is 5.14. The minimum atomic E-state index is -4.11. The molecule has 16 heavy (non-hydrogen) atoms. The third-order valence-electron chi connectivity index (χ3n) is 2.07. The fraction of sp³-hybridized carbons (Fsp3) is 0.700. The summed E-state index contributed by atoms with van der Waals surface area (Å²) >= 11 is 1.54. The van der Waals surface area contributed by atoms with E-state index in [-0.39, 0.29) is 0 Å². The molecule has 0 radical (unpaired) electrons. The van der Waals surface area contributed by atoms with Crippen LogP contribution in [-0.2, 0) is 13.0 Å². The Labute approximate surface area is 96.9 Å². The van der Waals surface area contributed by atoms with Crippen LogP contribution in [0.2, 0.25) is 0 Å². The molecule has 1 aromatic rings. The molecular formula is C10H15F3N2S. The predicted octanol–water partition coefficient (Wildman–Crippen LogP) is 3.14. The van der Waals surface area contributed by atoms with Crippen molar-refractivity contribution in [2.24, 2.45) is 0 Å². The average molecular weight is 252 g/mol. The number of thiazole rings is 1. The molecular weight excluding hydrogens is 237 g/mol. The van der Waals surface area contributed by atoms with Gasteiger partial charge in [-0.2, -0.15) is 13.2 Å². The molecule has 0 saturated carbocycles. The van der Waals surface area contributed by atoms with Crippen molar-refractivity contribution in [3.63, 3.8) is 0 Å². The Balaban J connectivity index is 2.34. The van der Waals surface area contributed by atoms with Crippen molar-refractivity contribution in [1.82, 2.24) is 10.3 Å². The molecule has 1 heterocycles. The van der Waals surface area contributed by atoms with E-state index in [1.807, 2.05) is 12.3 Å². The van der Waals surface area contributed by atoms with Gasteiger partial charge in [0.05, 0.1) is 17.1 Å². The maximum Gasteiger partial charge on any atom is 0.390 e. The molecule has 2 nitrogen and oxygen atoms in total. The van der Waals surface area contributed by atoms with E-state index in [0.29, 0.717) is 6.54 Å². The van der Waals surface area contributed by atoms with E-state index in [1.54, 1.807) is 11.3 Å². The number of rotatable bonds is 5. The van der Waals surface area contributed by atoms with Gasteiger partial charge in [0.15, 0.2) is 0 Å². The zero-order valence-corrected chi connectivity index (χ0v) is 10.1. The highest BCUT2D eigenvalue weighted by Crippen LogP contribution is 2.21. The summed E-state index contributed by atoms with van der Waals surface area (Å²) in [5.74, 6) is 0. The number of hydrogen-bond donors (Lipinski definition) is 1. The Kier molecular flexibility index (Phi) is 4.73. The van der Waals surface area contributed by atoms with Crippen molar-refractivity contribution in [3.05, 3.63) is 16.1 Å². The number of aromatic nitrogens is 1. The summed E-state index contributed by atoms with van der Waals surface area (Å²) in [7, 11) is 0. The topological polar surface area (TPSA) is 24.9 Å². The molecule has 0 fully saturated rings. The predicted molar refractivity (Wildman–Crippen MR) is 58.5 cm³/mol. The smallest absolute Gasteiger partial charge is 0.308 e. The Morgan fingerprint density at radius 3 is 2.69 bits per heavy atom. The highest BCUT2D eigenvalue weighted by atomic mass is 32.1. The van der Waals surface area contributed by atoms with Crippen LogP contribution in [0.25, 0.3) is 0 Å². The van der Waals surface area contributed by atoms with Gasteiger partial charge in [-0.05, 0) is 13.3 Å². The standard InChI is InChI=1S/C10H15F3N2S/c1-3-9-15-8(6-16-9)5-14-7(2)4-10(11,12)13/h6-7,14H,3-5H2,1-2H3. The second kappa shape index (κ2) is 5.63. The number of nitrogens with one attached hydrogen (secondary N) is 1. The van der Waals surface area contributed by atoms with Gasteiger partial charge in [0.1, 0.15) is 0 Å². The highest BCUT2D eigenvalue weighted by molar-refractivity contribution is 7.09. The first kappa shape index (κ1) is 13.4. The van der Waals surface area contributed by atoms with Gasteiger partial charge in [0.25, 0.3) is 0 Å². The van der Waals surface area contributed by atoms with Gasteiger partial charge in [-0.1, -0.05) is 6.92 Å². The fourth-order valence-electron chi connectivity index (χ4n) is 1.29. The molecule has 1 atom stereocenters. The third kappa shape index (κ3) is 4.94. The lowest BCUT2D eigenvalue weighted by molar-refractivity contribution is -0.139. The fourth-order valence-corrected chi connectivity index (χ4v) is 2.04. The van der Waals surface area contributed by atoms with E-state index in [0.717, 1.165) is 17.1 Å². The minimum absolute atomic E-state index is 0.397. The first-order chi connectivity index (χ1) is 7.40. The molecule has 0 aromatic carbocycles. The lowest BCUT2D eigenvalue weighted by atomic mass is 10.2. The molecule has 1 unspecified atom stereocenters. The number of hydrogen-bond acceptors (Lipinski definition) is 3. The van der Waals surface area contributed by atoms with Gasteiger partial charge >= 0.3 is 6.18 Å². The number of halogens is 3. The van der Waals surface area contributed by atoms with Crippen molar-refractivity contribution in [1.29, 1.82) is 0 Å². The normalized spacial score (nSPS) is 14.1. The Bertz CT molecular complexity index is 322. The van der Waals surface area contributed by atoms with E-state index in [4.69, 9.17) is 0 Å². The van der Waals surface area contributed by atoms with Crippen LogP contribution in [0.15, 0.2) is 5.38 Å². The van der Waals surface area contributed by atoms with Crippen LogP contribution in [0, 0.1) is 0 Å². The molecule has 0 saturated heterocycles. The van der Waals surface area contributed by atoms with Crippen LogP contribution in [0.1, 0.15) is 31.0 Å². The van der Waals surface area contributed by atoms with E-state index in [1.165, 1.54) is 6.92 Å². The van der Waals surface area contributed by atoms with Crippen LogP contribution >= 0.6 is 11.3 Å². The Morgan fingerprint density at radius 2 is 2.19 bits per heavy atom. The Hall–Kier alpha value is -0.620. The summed E-state index contributed by atoms with van der Waals surface area (Å²) in [6.45, 7) is 3.93. The van der Waals surface area contributed by atoms with Gasteiger partial charge in [-0.3, -0.25) is 0 Å². The van der Waals surface area contributed by atoms with Gasteiger partial charge in [0.2, 0.25) is 0 Å². The maximum atomic E-state index is 12.0. The zero-order chi connectivity index (χ0) is 12.2. The van der Waals surface area contributed by atoms with Crippen LogP contribution < -0.4 is 5.32 Å². The van der Waals surface area contributed by atoms with Crippen LogP contribution in [0.3, 0.4) is 0 Å². The summed E-state index contributed by atoms with van der Waals surface area (Å²) in [4.78, 5) is 4.27. The monoisotopic (exact) mass is 252 g/mol. The molecule has 92 valence electrons. The molecule has 1 rings (SSSR count). The van der Waals surface area contributed by atoms with Gasteiger partial charge in [-0.15, -0.1) is 11.3 Å². The largest absolute Gasteiger partial charge is 0.390 e. The highest BCUT2D eigenvalue weighted by Gasteiger charge is 2.29. The molecule has 0 bridgehead atoms. The van der Waals surface area contributed by atoms with E-state index < -0.39 is 18.6 Å². The zero-order valence-electron chi connectivity index (χ0n) is 9.27. The molecule has 6 heteroatoms. The summed E-state index contributed by atoms with van der Waals surface area (Å²) in [6.07, 6.45) is -4.05. The SMILES string of the molecule is CCc1nc(CNC(C)CC(F)(F)F)cs1. The molecule has 0 aliphatic carbocycles. The second-order valence-electron chi connectivity index (χ2n) is 3.69. The van der Waals surface area contributed by atoms with Crippen LogP contribution in [0.5, 0.6) is 0 Å². The third-order valence-corrected chi connectivity index (χ3v) is 3.11. The molecule has 1 aromatic heterocycles. The van der Waals surface area contributed by atoms with E-state index >= 15 is 0 Å². The molecule has 0 amide bonds. The summed E-state index contributed by atoms with van der Waals surface area (Å²) in [5.41, 5.74) is 0.816. The number of nitrogens with zero attached hydrogens (tertiary/aromatic N) is 1. The van der Waals surface area contributed by atoms with Crippen molar-refractivity contribution < 1.29 is 13.2 Å². The molecule has 0 aliphatic heterocycles. The van der Waals surface area contributed by atoms with Crippen LogP contribution in [0.4, 0.5) is 13.2 Å². The number of aryl methyl sites for hydroxylation is 1. The van der Waals surface area contributed by atoms with Gasteiger partial charge in [0, 0.05) is 18.0 Å². The summed E-state index contributed by atoms with van der Waals surface area (Å²) < 4.78 is 36.1. The van der Waals surface area contributed by atoms with Crippen molar-refractivity contribution >= 4 is 11.3 Å². The van der Waals surface area contributed by atoms with Crippen LogP contribution in [-0.4, -0.2) is 17.2 Å². The summed E-state index contributed by atoms with van der Waals surface area (Å²) in [5, 5.41) is 5.71. The quantitative estimate of drug-likeness (QED) is 0.870.